The number of amides is 1. The van der Waals surface area contributed by atoms with Gasteiger partial charge in [0.15, 0.2) is 0 Å². The quantitative estimate of drug-likeness (QED) is 0.0450. The van der Waals surface area contributed by atoms with E-state index in [9.17, 15) is 71.7 Å². The zero-order chi connectivity index (χ0) is 40.7. The number of anilines is 1. The van der Waals surface area contributed by atoms with E-state index in [1.165, 1.54) is 6.92 Å². The van der Waals surface area contributed by atoms with E-state index in [-0.39, 0.29) is 268 Å². The molecule has 288 valence electrons. The van der Waals surface area contributed by atoms with E-state index in [0.717, 1.165) is 38.4 Å². The molecule has 2 N–H and O–H groups in total. The Bertz CT molecular complexity index is 2830. The first-order valence-electron chi connectivity index (χ1n) is 14.1. The molecule has 1 amide bonds. The monoisotopic (exact) mass is 1020 g/mol. The zero-order valence-electron chi connectivity index (χ0n) is 32.2. The molecule has 2 heterocycles. The fraction of sp³-hybridized carbons (Fsp3) is 0.107. The molecule has 0 radical (unpaired) electrons. The van der Waals surface area contributed by atoms with Crippen LogP contribution < -0.4 is 278 Å². The molecule has 0 aliphatic carbocycles. The van der Waals surface area contributed by atoms with Crippen molar-refractivity contribution in [3.05, 3.63) is 87.4 Å². The summed E-state index contributed by atoms with van der Waals surface area (Å²) >= 11 is 0. The van der Waals surface area contributed by atoms with E-state index in [0.29, 0.717) is 41.1 Å². The number of hydrogen-bond acceptors (Lipinski definition) is 18. The first-order chi connectivity index (χ1) is 24.8. The number of nitrogens with zero attached hydrogens (tertiary/aromatic N) is 5. The van der Waals surface area contributed by atoms with Crippen LogP contribution in [0.15, 0.2) is 105 Å². The van der Waals surface area contributed by atoms with Gasteiger partial charge in [-0.3, -0.25) is 19.2 Å². The predicted octanol–water partition coefficient (Wildman–Crippen LogP) is -17.4. The fourth-order valence-electron chi connectivity index (χ4n) is 4.60. The molecule has 31 heteroatoms. The minimum Gasteiger partial charge on any atom is -0.857 e. The van der Waals surface area contributed by atoms with Crippen molar-refractivity contribution in [3.63, 3.8) is 0 Å². The van der Waals surface area contributed by atoms with Gasteiger partial charge >= 0.3 is 257 Å². The summed E-state index contributed by atoms with van der Waals surface area (Å²) in [6, 6.07) is 2.92. The summed E-state index contributed by atoms with van der Waals surface area (Å²) in [6.45, 7) is 1.36. The van der Waals surface area contributed by atoms with E-state index in [1.807, 2.05) is 0 Å². The Kier molecular flexibility index (Phi) is 27.7. The van der Waals surface area contributed by atoms with Gasteiger partial charge in [0.25, 0.3) is 21.6 Å². The molecule has 1 aromatic heterocycles. The number of H-pyrrole nitrogens is 1. The van der Waals surface area contributed by atoms with Gasteiger partial charge in [0.1, 0.15) is 41.0 Å². The fourth-order valence-corrected chi connectivity index (χ4v) is 6.87. The van der Waals surface area contributed by atoms with Crippen molar-refractivity contribution in [2.45, 2.75) is 26.5 Å². The van der Waals surface area contributed by atoms with Crippen LogP contribution in [0.25, 0.3) is 11.8 Å². The number of aliphatic imine (C=N–C) groups is 2. The van der Waals surface area contributed by atoms with E-state index in [4.69, 9.17) is 0 Å². The minimum atomic E-state index is -5.43. The average molecular weight is 1020 g/mol. The van der Waals surface area contributed by atoms with Crippen molar-refractivity contribution in [3.8, 4) is 5.69 Å². The summed E-state index contributed by atoms with van der Waals surface area (Å²) in [5.74, 6) is -3.51. The van der Waals surface area contributed by atoms with Crippen molar-refractivity contribution < 1.29 is 324 Å². The maximum absolute atomic E-state index is 13.5. The van der Waals surface area contributed by atoms with Crippen molar-refractivity contribution in [1.29, 1.82) is 0 Å². The number of rotatable bonds is 11. The number of carbonyl (C=O) groups is 1. The molecule has 0 saturated heterocycles. The summed E-state index contributed by atoms with van der Waals surface area (Å²) in [5.41, 5.74) is -5.35. The van der Waals surface area contributed by atoms with E-state index in [1.54, 1.807) is 0 Å². The van der Waals surface area contributed by atoms with Crippen molar-refractivity contribution >= 4 is 75.7 Å². The number of aromatic nitrogens is 2. The van der Waals surface area contributed by atoms with Crippen LogP contribution in [-0.2, 0) is 45.3 Å². The van der Waals surface area contributed by atoms with Gasteiger partial charge < -0.3 is 33.9 Å². The molecular formula is C28H21K5N6O16S4. The Labute approximate surface area is 549 Å². The van der Waals surface area contributed by atoms with Gasteiger partial charge in [-0.2, -0.15) is 18.5 Å². The molecule has 2 aromatic carbocycles. The van der Waals surface area contributed by atoms with E-state index >= 15 is 0 Å². The molecule has 4 rings (SSSR count). The summed E-state index contributed by atoms with van der Waals surface area (Å²) in [5, 5.41) is 31.4. The van der Waals surface area contributed by atoms with Crippen LogP contribution >= 0.6 is 0 Å². The molecule has 22 nitrogen and oxygen atoms in total. The van der Waals surface area contributed by atoms with Crippen LogP contribution in [0.4, 0.5) is 5.69 Å². The maximum Gasteiger partial charge on any atom is 1.00 e. The number of allylic oxidation sites excluding steroid dienone is 4. The van der Waals surface area contributed by atoms with Crippen LogP contribution in [0.1, 0.15) is 18.2 Å². The Balaban J connectivity index is 0. The summed E-state index contributed by atoms with van der Waals surface area (Å²) in [4.78, 5) is 29.5. The Morgan fingerprint density at radius 3 is 1.71 bits per heavy atom. The number of nitrogens with one attached hydrogen (secondary N) is 1. The van der Waals surface area contributed by atoms with E-state index in [2.05, 4.69) is 20.2 Å². The van der Waals surface area contributed by atoms with Gasteiger partial charge in [0.2, 0.25) is 0 Å². The van der Waals surface area contributed by atoms with Crippen LogP contribution in [-0.4, -0.2) is 99.2 Å². The first kappa shape index (κ1) is 63.7. The number of aromatic amines is 1. The second-order valence-corrected chi connectivity index (χ2v) is 16.1. The van der Waals surface area contributed by atoms with Crippen molar-refractivity contribution in [1.82, 2.24) is 9.78 Å². The Hall–Kier alpha value is 2.57. The van der Waals surface area contributed by atoms with Crippen LogP contribution in [0.3, 0.4) is 0 Å². The topological polar surface area (TPSA) is 367 Å². The average Bonchev–Trinajstić information content (AvgIpc) is 3.58. The molecule has 1 aliphatic heterocycles. The molecule has 1 aliphatic rings. The summed E-state index contributed by atoms with van der Waals surface area (Å²) in [7, 11) is -19.0. The molecular weight excluding hydrogens is 1000 g/mol. The van der Waals surface area contributed by atoms with Gasteiger partial charge in [0.05, 0.1) is 42.9 Å². The Morgan fingerprint density at radius 2 is 1.25 bits per heavy atom. The smallest absolute Gasteiger partial charge is 0.857 e. The minimum absolute atomic E-state index is 0. The zero-order valence-corrected chi connectivity index (χ0v) is 51.1. The SMILES string of the molecule is CN=C([O-])C1=NN(c2cc(S(=O)(=O)[O-])ccc2S(=O)(=O)[O-])C(=O)C1=CC=C(C)C=Cc1c(C([O-])=NC)[nH]n(-c2cc(S(=O)(=O)[O-])ccc2S(=O)(=O)O)c1=O.[K+].[K+].[K+].[K+].[K+]. The molecule has 0 fully saturated rings. The van der Waals surface area contributed by atoms with Gasteiger partial charge in [-0.25, -0.2) is 29.9 Å². The van der Waals surface area contributed by atoms with Crippen molar-refractivity contribution in [2.75, 3.05) is 19.1 Å². The largest absolute Gasteiger partial charge is 1.00 e. The third-order valence-corrected chi connectivity index (χ3v) is 10.6. The van der Waals surface area contributed by atoms with Gasteiger partial charge in [-0.1, -0.05) is 17.7 Å². The van der Waals surface area contributed by atoms with Crippen molar-refractivity contribution in [2.24, 2.45) is 15.1 Å². The molecule has 0 bridgehead atoms. The third kappa shape index (κ3) is 15.8. The van der Waals surface area contributed by atoms with Gasteiger partial charge in [0, 0.05) is 25.9 Å². The molecule has 0 spiro atoms. The second-order valence-electron chi connectivity index (χ2n) is 10.6. The van der Waals surface area contributed by atoms with Crippen LogP contribution in [0.2, 0.25) is 0 Å². The molecule has 59 heavy (non-hydrogen) atoms. The third-order valence-electron chi connectivity index (χ3n) is 7.11. The van der Waals surface area contributed by atoms with E-state index < -0.39 is 117 Å². The normalized spacial score (nSPS) is 14.8. The molecule has 0 saturated carbocycles. The molecule has 0 unspecified atom stereocenters. The number of hydrazone groups is 1. The second kappa shape index (κ2) is 25.6. The summed E-state index contributed by atoms with van der Waals surface area (Å²) in [6.07, 6.45) is 4.22. The van der Waals surface area contributed by atoms with Gasteiger partial charge in [-0.15, -0.1) is 0 Å². The predicted molar refractivity (Wildman–Crippen MR) is 178 cm³/mol. The number of carbonyl (C=O) groups excluding carboxylic acids is 1. The van der Waals surface area contributed by atoms with Crippen LogP contribution in [0.5, 0.6) is 0 Å². The standard InChI is InChI=1S/C28H26N6O16S4.5K/c1-14(4-8-17-23(25(35)29-2)31-33(27(17)37)19-12-15(51(39,40)41)6-10-21(19)53(45,46)47)5-9-18-24(26(36)30-3)32-34(28(18)38)20-13-16(52(42,43)44)7-11-22(20)54(48,49)50;;;;;/h4-13,31H,1-3H3,(H,29,35)(H,30,36)(H,39,40,41)(H,42,43,44)(H,45,46,47)(H,48,49,50);;;;;/q;5*+1/p-5. The Morgan fingerprint density at radius 1 is 0.763 bits per heavy atom. The van der Waals surface area contributed by atoms with Gasteiger partial charge in [-0.05, 0) is 55.5 Å². The van der Waals surface area contributed by atoms with Crippen LogP contribution in [0, 0.1) is 0 Å². The maximum atomic E-state index is 13.5. The number of hydrogen-bond donors (Lipinski definition) is 2. The molecule has 3 aromatic rings. The summed E-state index contributed by atoms with van der Waals surface area (Å²) < 4.78 is 140. The molecule has 0 atom stereocenters. The first-order valence-corrected chi connectivity index (χ1v) is 19.7. The number of benzene rings is 2.